The summed E-state index contributed by atoms with van der Waals surface area (Å²) < 4.78 is 10.5. The topological polar surface area (TPSA) is 78.4 Å². The fourth-order valence-electron chi connectivity index (χ4n) is 2.71. The second-order valence-electron chi connectivity index (χ2n) is 7.66. The summed E-state index contributed by atoms with van der Waals surface area (Å²) in [4.78, 5) is 20.5. The SMILES string of the molecule is CN=C(NCCCN1CCN(C(=O)OC(C)(C)C)CC1)NC(C)COC.I. The first-order chi connectivity index (χ1) is 12.2. The van der Waals surface area contributed by atoms with Crippen LogP contribution in [0.3, 0.4) is 0 Å². The fourth-order valence-corrected chi connectivity index (χ4v) is 2.71. The van der Waals surface area contributed by atoms with Gasteiger partial charge in [0.2, 0.25) is 0 Å². The van der Waals surface area contributed by atoms with Crippen LogP contribution in [0.2, 0.25) is 0 Å². The zero-order chi connectivity index (χ0) is 19.6. The molecule has 1 rings (SSSR count). The number of piperazine rings is 1. The molecule has 1 amide bonds. The van der Waals surface area contributed by atoms with Crippen molar-refractivity contribution in [3.05, 3.63) is 0 Å². The number of rotatable bonds is 7. The van der Waals surface area contributed by atoms with Crippen LogP contribution in [0, 0.1) is 0 Å². The minimum absolute atomic E-state index is 0. The van der Waals surface area contributed by atoms with Crippen LogP contribution in [-0.4, -0.2) is 93.5 Å². The number of guanidine groups is 1. The lowest BCUT2D eigenvalue weighted by molar-refractivity contribution is 0.0145. The summed E-state index contributed by atoms with van der Waals surface area (Å²) in [6.45, 7) is 13.5. The molecule has 1 aliphatic rings. The van der Waals surface area contributed by atoms with Crippen LogP contribution < -0.4 is 10.6 Å². The van der Waals surface area contributed by atoms with Gasteiger partial charge in [0.15, 0.2) is 5.96 Å². The lowest BCUT2D eigenvalue weighted by Gasteiger charge is -2.35. The highest BCUT2D eigenvalue weighted by molar-refractivity contribution is 14.0. The van der Waals surface area contributed by atoms with Crippen molar-refractivity contribution in [2.75, 3.05) is 60.0 Å². The molecule has 0 aromatic heterocycles. The number of halogens is 1. The minimum atomic E-state index is -0.437. The zero-order valence-corrected chi connectivity index (χ0v) is 20.0. The van der Waals surface area contributed by atoms with Gasteiger partial charge in [0, 0.05) is 52.9 Å². The first-order valence-electron chi connectivity index (χ1n) is 9.41. The predicted molar refractivity (Wildman–Crippen MR) is 120 cm³/mol. The van der Waals surface area contributed by atoms with Crippen molar-refractivity contribution < 1.29 is 14.3 Å². The van der Waals surface area contributed by atoms with Crippen LogP contribution in [0.1, 0.15) is 34.1 Å². The highest BCUT2D eigenvalue weighted by atomic mass is 127. The maximum atomic E-state index is 12.1. The number of hydrogen-bond donors (Lipinski definition) is 2. The lowest BCUT2D eigenvalue weighted by atomic mass is 10.2. The molecule has 1 aliphatic heterocycles. The molecule has 27 heavy (non-hydrogen) atoms. The van der Waals surface area contributed by atoms with E-state index in [1.54, 1.807) is 19.1 Å². The van der Waals surface area contributed by atoms with Crippen molar-refractivity contribution in [1.29, 1.82) is 0 Å². The number of amides is 1. The molecular formula is C18H38IN5O3. The monoisotopic (exact) mass is 499 g/mol. The molecule has 0 spiro atoms. The highest BCUT2D eigenvalue weighted by Crippen LogP contribution is 2.11. The molecule has 8 nitrogen and oxygen atoms in total. The number of ether oxygens (including phenoxy) is 2. The molecule has 1 fully saturated rings. The second kappa shape index (κ2) is 13.4. The average molecular weight is 499 g/mol. The molecule has 1 saturated heterocycles. The van der Waals surface area contributed by atoms with Crippen LogP contribution in [0.4, 0.5) is 4.79 Å². The maximum absolute atomic E-state index is 12.1. The lowest BCUT2D eigenvalue weighted by Crippen LogP contribution is -2.50. The van der Waals surface area contributed by atoms with Crippen molar-refractivity contribution in [2.24, 2.45) is 4.99 Å². The van der Waals surface area contributed by atoms with Gasteiger partial charge in [-0.2, -0.15) is 0 Å². The van der Waals surface area contributed by atoms with Gasteiger partial charge in [-0.25, -0.2) is 4.79 Å². The zero-order valence-electron chi connectivity index (χ0n) is 17.7. The van der Waals surface area contributed by atoms with Gasteiger partial charge < -0.3 is 25.0 Å². The van der Waals surface area contributed by atoms with Crippen LogP contribution >= 0.6 is 24.0 Å². The van der Waals surface area contributed by atoms with Gasteiger partial charge in [-0.15, -0.1) is 24.0 Å². The number of nitrogens with one attached hydrogen (secondary N) is 2. The van der Waals surface area contributed by atoms with Gasteiger partial charge >= 0.3 is 6.09 Å². The third kappa shape index (κ3) is 11.6. The summed E-state index contributed by atoms with van der Waals surface area (Å²) in [7, 11) is 3.46. The molecule has 0 aliphatic carbocycles. The molecule has 1 heterocycles. The molecule has 0 aromatic rings. The van der Waals surface area contributed by atoms with E-state index < -0.39 is 5.60 Å². The largest absolute Gasteiger partial charge is 0.444 e. The van der Waals surface area contributed by atoms with E-state index in [1.807, 2.05) is 20.8 Å². The van der Waals surface area contributed by atoms with Crippen LogP contribution in [0.15, 0.2) is 4.99 Å². The third-order valence-corrected chi connectivity index (χ3v) is 3.99. The molecule has 0 saturated carbocycles. The molecule has 0 bridgehead atoms. The highest BCUT2D eigenvalue weighted by Gasteiger charge is 2.25. The predicted octanol–water partition coefficient (Wildman–Crippen LogP) is 1.75. The Morgan fingerprint density at radius 3 is 2.37 bits per heavy atom. The number of carbonyl (C=O) groups excluding carboxylic acids is 1. The van der Waals surface area contributed by atoms with Crippen LogP contribution in [0.25, 0.3) is 0 Å². The Labute approximate surface area is 181 Å². The first-order valence-corrected chi connectivity index (χ1v) is 9.41. The van der Waals surface area contributed by atoms with E-state index in [9.17, 15) is 4.79 Å². The Morgan fingerprint density at radius 1 is 1.22 bits per heavy atom. The summed E-state index contributed by atoms with van der Waals surface area (Å²) >= 11 is 0. The van der Waals surface area contributed by atoms with E-state index in [4.69, 9.17) is 9.47 Å². The van der Waals surface area contributed by atoms with Gasteiger partial charge in [-0.05, 0) is 40.7 Å². The van der Waals surface area contributed by atoms with E-state index in [0.717, 1.165) is 51.6 Å². The van der Waals surface area contributed by atoms with E-state index in [0.29, 0.717) is 6.61 Å². The van der Waals surface area contributed by atoms with Gasteiger partial charge in [-0.1, -0.05) is 0 Å². The van der Waals surface area contributed by atoms with Gasteiger partial charge in [-0.3, -0.25) is 9.89 Å². The van der Waals surface area contributed by atoms with Gasteiger partial charge in [0.1, 0.15) is 5.60 Å². The summed E-state index contributed by atoms with van der Waals surface area (Å²) in [6.07, 6.45) is 0.810. The Balaban J connectivity index is 0.00000676. The third-order valence-electron chi connectivity index (χ3n) is 3.99. The van der Waals surface area contributed by atoms with Crippen LogP contribution in [-0.2, 0) is 9.47 Å². The normalized spacial score (nSPS) is 17.1. The quantitative estimate of drug-likeness (QED) is 0.241. The number of hydrogen-bond acceptors (Lipinski definition) is 5. The van der Waals surface area contributed by atoms with E-state index in [-0.39, 0.29) is 36.1 Å². The van der Waals surface area contributed by atoms with Crippen LogP contribution in [0.5, 0.6) is 0 Å². The summed E-state index contributed by atoms with van der Waals surface area (Å²) in [5.74, 6) is 0.796. The molecule has 2 N–H and O–H groups in total. The van der Waals surface area contributed by atoms with Crippen molar-refractivity contribution in [1.82, 2.24) is 20.4 Å². The van der Waals surface area contributed by atoms with Crippen molar-refractivity contribution in [3.8, 4) is 0 Å². The molecule has 1 atom stereocenters. The number of carbonyl (C=O) groups is 1. The molecular weight excluding hydrogens is 461 g/mol. The van der Waals surface area contributed by atoms with Gasteiger partial charge in [0.25, 0.3) is 0 Å². The van der Waals surface area contributed by atoms with E-state index >= 15 is 0 Å². The summed E-state index contributed by atoms with van der Waals surface area (Å²) in [5, 5.41) is 6.61. The maximum Gasteiger partial charge on any atom is 0.410 e. The average Bonchev–Trinajstić information content (AvgIpc) is 2.56. The standard InChI is InChI=1S/C18H37N5O3.HI/c1-15(14-25-6)21-16(19-5)20-8-7-9-22-10-12-23(13-11-22)17(24)26-18(2,3)4;/h15H,7-14H2,1-6H3,(H2,19,20,21);1H. The Bertz CT molecular complexity index is 449. The smallest absolute Gasteiger partial charge is 0.410 e. The molecule has 0 radical (unpaired) electrons. The van der Waals surface area contributed by atoms with E-state index in [2.05, 4.69) is 27.4 Å². The van der Waals surface area contributed by atoms with Crippen molar-refractivity contribution in [3.63, 3.8) is 0 Å². The Hall–Kier alpha value is -0.810. The minimum Gasteiger partial charge on any atom is -0.444 e. The first kappa shape index (κ1) is 26.2. The summed E-state index contributed by atoms with van der Waals surface area (Å²) in [5.41, 5.74) is -0.437. The van der Waals surface area contributed by atoms with Gasteiger partial charge in [0.05, 0.1) is 6.61 Å². The molecule has 9 heteroatoms. The fraction of sp³-hybridized carbons (Fsp3) is 0.889. The summed E-state index contributed by atoms with van der Waals surface area (Å²) in [6, 6.07) is 0.215. The van der Waals surface area contributed by atoms with E-state index in [1.165, 1.54) is 0 Å². The van der Waals surface area contributed by atoms with Crippen molar-refractivity contribution in [2.45, 2.75) is 45.8 Å². The number of methoxy groups -OCH3 is 1. The Morgan fingerprint density at radius 2 is 1.85 bits per heavy atom. The van der Waals surface area contributed by atoms with Crippen molar-refractivity contribution >= 4 is 36.0 Å². The molecule has 1 unspecified atom stereocenters. The second-order valence-corrected chi connectivity index (χ2v) is 7.66. The number of aliphatic imine (C=N–C) groups is 1. The molecule has 160 valence electrons. The molecule has 0 aromatic carbocycles. The number of nitrogens with zero attached hydrogens (tertiary/aromatic N) is 3. The Kier molecular flexibility index (Phi) is 13.0.